The van der Waals surface area contributed by atoms with Gasteiger partial charge in [-0.05, 0) is 48.5 Å². The lowest BCUT2D eigenvalue weighted by atomic mass is 10.1. The standard InChI is InChI=1S/C22H18Cl2N4O6/c23-14-5-1-12(2-6-14)19(29)32-10-17-16(34-20(30)13-3-7-15(24)8-4-13)9-18(33-17)28-11-26-21(25)27-22(28)31/h1-8,11,16-18H,9-10H2,(H2,25,27,31)/t16-,17+,18?/m0/s1. The van der Waals surface area contributed by atoms with Crippen LogP contribution in [0.1, 0.15) is 33.4 Å². The molecule has 2 aromatic carbocycles. The van der Waals surface area contributed by atoms with Crippen molar-refractivity contribution >= 4 is 41.1 Å². The molecule has 3 aromatic rings. The van der Waals surface area contributed by atoms with Gasteiger partial charge in [0.1, 0.15) is 31.4 Å². The van der Waals surface area contributed by atoms with Crippen molar-refractivity contribution in [3.8, 4) is 0 Å². The molecule has 4 rings (SSSR count). The number of aromatic nitrogens is 3. The van der Waals surface area contributed by atoms with E-state index in [1.807, 2.05) is 0 Å². The van der Waals surface area contributed by atoms with Crippen molar-refractivity contribution in [1.29, 1.82) is 0 Å². The van der Waals surface area contributed by atoms with Crippen LogP contribution in [0.2, 0.25) is 10.0 Å². The number of anilines is 1. The fourth-order valence-corrected chi connectivity index (χ4v) is 3.57. The average molecular weight is 505 g/mol. The first-order chi connectivity index (χ1) is 16.3. The fraction of sp³-hybridized carbons (Fsp3) is 0.227. The van der Waals surface area contributed by atoms with Gasteiger partial charge >= 0.3 is 17.6 Å². The van der Waals surface area contributed by atoms with Crippen LogP contribution in [0.15, 0.2) is 59.7 Å². The molecule has 1 fully saturated rings. The second kappa shape index (κ2) is 10.2. The number of ether oxygens (including phenoxy) is 3. The second-order valence-electron chi connectivity index (χ2n) is 7.33. The Kier molecular flexibility index (Phi) is 7.11. The molecule has 0 radical (unpaired) electrons. The first-order valence-corrected chi connectivity index (χ1v) is 10.8. The van der Waals surface area contributed by atoms with Crippen LogP contribution in [0.25, 0.3) is 0 Å². The zero-order valence-corrected chi connectivity index (χ0v) is 19.0. The first kappa shape index (κ1) is 23.7. The van der Waals surface area contributed by atoms with Crippen LogP contribution in [0.5, 0.6) is 0 Å². The average Bonchev–Trinajstić information content (AvgIpc) is 3.20. The number of nitrogens with zero attached hydrogens (tertiary/aromatic N) is 3. The summed E-state index contributed by atoms with van der Waals surface area (Å²) >= 11 is 11.7. The van der Waals surface area contributed by atoms with Crippen LogP contribution in [0.4, 0.5) is 5.95 Å². The van der Waals surface area contributed by atoms with Gasteiger partial charge in [-0.3, -0.25) is 4.57 Å². The summed E-state index contributed by atoms with van der Waals surface area (Å²) < 4.78 is 18.0. The molecular formula is C22H18Cl2N4O6. The Balaban J connectivity index is 1.50. The van der Waals surface area contributed by atoms with E-state index in [4.69, 9.17) is 43.1 Å². The molecule has 2 N–H and O–H groups in total. The van der Waals surface area contributed by atoms with Gasteiger partial charge in [0, 0.05) is 16.5 Å². The minimum absolute atomic E-state index is 0.0929. The van der Waals surface area contributed by atoms with Crippen LogP contribution in [-0.4, -0.2) is 45.3 Å². The lowest BCUT2D eigenvalue weighted by molar-refractivity contribution is -0.0584. The van der Waals surface area contributed by atoms with E-state index in [1.54, 1.807) is 24.3 Å². The summed E-state index contributed by atoms with van der Waals surface area (Å²) in [4.78, 5) is 44.7. The highest BCUT2D eigenvalue weighted by atomic mass is 35.5. The lowest BCUT2D eigenvalue weighted by Crippen LogP contribution is -2.32. The maximum Gasteiger partial charge on any atom is 0.354 e. The molecule has 3 atom stereocenters. The molecule has 1 aliphatic heterocycles. The summed E-state index contributed by atoms with van der Waals surface area (Å²) in [6, 6.07) is 12.3. The van der Waals surface area contributed by atoms with Gasteiger partial charge in [-0.15, -0.1) is 0 Å². The third kappa shape index (κ3) is 5.53. The smallest absolute Gasteiger partial charge is 0.354 e. The van der Waals surface area contributed by atoms with E-state index in [2.05, 4.69) is 9.97 Å². The molecule has 0 bridgehead atoms. The predicted molar refractivity (Wildman–Crippen MR) is 122 cm³/mol. The lowest BCUT2D eigenvalue weighted by Gasteiger charge is -2.19. The zero-order valence-electron chi connectivity index (χ0n) is 17.5. The molecule has 1 aromatic heterocycles. The van der Waals surface area contributed by atoms with Gasteiger partial charge in [-0.2, -0.15) is 4.98 Å². The highest BCUT2D eigenvalue weighted by Gasteiger charge is 2.40. The second-order valence-corrected chi connectivity index (χ2v) is 8.20. The molecule has 0 amide bonds. The van der Waals surface area contributed by atoms with Crippen molar-refractivity contribution in [2.24, 2.45) is 0 Å². The molecule has 10 nitrogen and oxygen atoms in total. The predicted octanol–water partition coefficient (Wildman–Crippen LogP) is 2.90. The number of rotatable bonds is 6. The summed E-state index contributed by atoms with van der Waals surface area (Å²) in [6.45, 7) is -0.235. The van der Waals surface area contributed by atoms with Crippen LogP contribution < -0.4 is 11.4 Å². The van der Waals surface area contributed by atoms with Gasteiger partial charge in [0.2, 0.25) is 5.95 Å². The number of carbonyl (C=O) groups is 2. The number of carbonyl (C=O) groups excluding carboxylic acids is 2. The fourth-order valence-electron chi connectivity index (χ4n) is 3.32. The summed E-state index contributed by atoms with van der Waals surface area (Å²) in [7, 11) is 0. The Morgan fingerprint density at radius 3 is 2.21 bits per heavy atom. The number of hydrogen-bond donors (Lipinski definition) is 1. The largest absolute Gasteiger partial charge is 0.459 e. The Labute approximate surface area is 203 Å². The highest BCUT2D eigenvalue weighted by molar-refractivity contribution is 6.31. The van der Waals surface area contributed by atoms with Crippen LogP contribution >= 0.6 is 23.2 Å². The van der Waals surface area contributed by atoms with Gasteiger partial charge in [0.25, 0.3) is 0 Å². The van der Waals surface area contributed by atoms with E-state index in [1.165, 1.54) is 30.6 Å². The van der Waals surface area contributed by atoms with Crippen LogP contribution in [0.3, 0.4) is 0 Å². The molecule has 2 heterocycles. The van der Waals surface area contributed by atoms with Gasteiger partial charge in [0.15, 0.2) is 0 Å². The van der Waals surface area contributed by atoms with Crippen molar-refractivity contribution in [3.05, 3.63) is 86.5 Å². The molecule has 0 spiro atoms. The third-order valence-corrected chi connectivity index (χ3v) is 5.54. The van der Waals surface area contributed by atoms with Gasteiger partial charge in [0.05, 0.1) is 11.1 Å². The molecule has 176 valence electrons. The minimum atomic E-state index is -0.865. The molecule has 34 heavy (non-hydrogen) atoms. The molecule has 0 aliphatic carbocycles. The summed E-state index contributed by atoms with van der Waals surface area (Å²) in [6.07, 6.45) is -1.28. The van der Waals surface area contributed by atoms with E-state index >= 15 is 0 Å². The number of nitrogens with two attached hydrogens (primary N) is 1. The Morgan fingerprint density at radius 2 is 1.62 bits per heavy atom. The number of halogens is 2. The molecular weight excluding hydrogens is 487 g/mol. The van der Waals surface area contributed by atoms with E-state index in [9.17, 15) is 14.4 Å². The minimum Gasteiger partial charge on any atom is -0.459 e. The SMILES string of the molecule is Nc1ncn(C2C[C@H](OC(=O)c3ccc(Cl)cc3)[C@@H](COC(=O)c3ccc(Cl)cc3)O2)c(=O)n1. The molecule has 12 heteroatoms. The summed E-state index contributed by atoms with van der Waals surface area (Å²) in [5.41, 5.74) is 5.33. The first-order valence-electron chi connectivity index (χ1n) is 10.1. The van der Waals surface area contributed by atoms with Gasteiger partial charge < -0.3 is 19.9 Å². The van der Waals surface area contributed by atoms with E-state index in [0.717, 1.165) is 4.57 Å². The maximum absolute atomic E-state index is 12.7. The van der Waals surface area contributed by atoms with E-state index < -0.39 is 36.1 Å². The molecule has 0 saturated carbocycles. The van der Waals surface area contributed by atoms with Crippen molar-refractivity contribution in [1.82, 2.24) is 14.5 Å². The summed E-state index contributed by atoms with van der Waals surface area (Å²) in [5, 5.41) is 0.944. The molecule has 1 saturated heterocycles. The van der Waals surface area contributed by atoms with Crippen molar-refractivity contribution in [2.75, 3.05) is 12.3 Å². The normalized spacial score (nSPS) is 19.5. The van der Waals surface area contributed by atoms with Crippen molar-refractivity contribution < 1.29 is 23.8 Å². The Morgan fingerprint density at radius 1 is 1.03 bits per heavy atom. The van der Waals surface area contributed by atoms with Gasteiger partial charge in [-0.1, -0.05) is 23.2 Å². The maximum atomic E-state index is 12.7. The van der Waals surface area contributed by atoms with Crippen LogP contribution in [-0.2, 0) is 14.2 Å². The number of nitrogen functional groups attached to an aromatic ring is 1. The van der Waals surface area contributed by atoms with Crippen LogP contribution in [0, 0.1) is 0 Å². The number of esters is 2. The van der Waals surface area contributed by atoms with Crippen molar-refractivity contribution in [2.45, 2.75) is 24.9 Å². The Bertz CT molecular complexity index is 1250. The number of benzene rings is 2. The quantitative estimate of drug-likeness (QED) is 0.502. The van der Waals surface area contributed by atoms with E-state index in [-0.39, 0.29) is 30.1 Å². The zero-order chi connectivity index (χ0) is 24.2. The molecule has 1 unspecified atom stereocenters. The highest BCUT2D eigenvalue weighted by Crippen LogP contribution is 2.31. The third-order valence-electron chi connectivity index (χ3n) is 5.03. The van der Waals surface area contributed by atoms with E-state index in [0.29, 0.717) is 10.0 Å². The molecule has 1 aliphatic rings. The number of hydrogen-bond acceptors (Lipinski definition) is 9. The Hall–Kier alpha value is -3.47. The topological polar surface area (TPSA) is 136 Å². The monoisotopic (exact) mass is 504 g/mol. The van der Waals surface area contributed by atoms with Gasteiger partial charge in [-0.25, -0.2) is 19.4 Å². The van der Waals surface area contributed by atoms with Crippen molar-refractivity contribution in [3.63, 3.8) is 0 Å². The summed E-state index contributed by atoms with van der Waals surface area (Å²) in [5.74, 6) is -1.42.